The van der Waals surface area contributed by atoms with Crippen LogP contribution >= 0.6 is 0 Å². The van der Waals surface area contributed by atoms with Gasteiger partial charge in [-0.05, 0) is 6.42 Å². The molecule has 0 aromatic carbocycles. The average Bonchev–Trinajstić information content (AvgIpc) is 2.53. The van der Waals surface area contributed by atoms with Gasteiger partial charge in [0.25, 0.3) is 0 Å². The highest BCUT2D eigenvalue weighted by Gasteiger charge is 2.29. The molecule has 1 heterocycles. The van der Waals surface area contributed by atoms with E-state index in [4.69, 9.17) is 0 Å². The third-order valence-electron chi connectivity index (χ3n) is 2.69. The SMILES string of the molecule is CC(C)(C)C(=O)NCC(=O)NC1CCS(=O)(=O)C1. The summed E-state index contributed by atoms with van der Waals surface area (Å²) in [6.45, 7) is 5.14. The minimum absolute atomic E-state index is 0.00798. The first kappa shape index (κ1) is 14.9. The summed E-state index contributed by atoms with van der Waals surface area (Å²) < 4.78 is 22.4. The Labute approximate surface area is 107 Å². The Balaban J connectivity index is 2.33. The van der Waals surface area contributed by atoms with E-state index in [1.54, 1.807) is 20.8 Å². The summed E-state index contributed by atoms with van der Waals surface area (Å²) in [5.74, 6) is -0.454. The lowest BCUT2D eigenvalue weighted by molar-refractivity contribution is -0.131. The van der Waals surface area contributed by atoms with E-state index in [-0.39, 0.29) is 35.9 Å². The lowest BCUT2D eigenvalue weighted by atomic mass is 9.96. The first-order valence-electron chi connectivity index (χ1n) is 5.88. The van der Waals surface area contributed by atoms with Crippen molar-refractivity contribution in [1.29, 1.82) is 0 Å². The molecule has 1 aliphatic rings. The zero-order chi connectivity index (χ0) is 14.0. The number of sulfone groups is 1. The van der Waals surface area contributed by atoms with Crippen molar-refractivity contribution >= 4 is 21.7 Å². The van der Waals surface area contributed by atoms with Gasteiger partial charge >= 0.3 is 0 Å². The Morgan fingerprint density at radius 2 is 1.89 bits per heavy atom. The molecule has 6 nitrogen and oxygen atoms in total. The minimum atomic E-state index is -3.00. The Hall–Kier alpha value is -1.11. The van der Waals surface area contributed by atoms with Crippen LogP contribution < -0.4 is 10.6 Å². The molecule has 0 aromatic rings. The van der Waals surface area contributed by atoms with E-state index in [1.807, 2.05) is 0 Å². The molecule has 1 rings (SSSR count). The molecule has 1 unspecified atom stereocenters. The molecular weight excluding hydrogens is 256 g/mol. The van der Waals surface area contributed by atoms with E-state index in [9.17, 15) is 18.0 Å². The molecular formula is C11H20N2O4S. The molecule has 18 heavy (non-hydrogen) atoms. The summed E-state index contributed by atoms with van der Waals surface area (Å²) in [5.41, 5.74) is -0.545. The van der Waals surface area contributed by atoms with E-state index in [0.717, 1.165) is 0 Å². The van der Waals surface area contributed by atoms with Gasteiger partial charge in [0.2, 0.25) is 11.8 Å². The molecule has 7 heteroatoms. The van der Waals surface area contributed by atoms with Crippen LogP contribution in [0.5, 0.6) is 0 Å². The van der Waals surface area contributed by atoms with Gasteiger partial charge in [-0.15, -0.1) is 0 Å². The van der Waals surface area contributed by atoms with E-state index in [1.165, 1.54) is 0 Å². The Morgan fingerprint density at radius 3 is 2.33 bits per heavy atom. The van der Waals surface area contributed by atoms with Gasteiger partial charge < -0.3 is 10.6 Å². The molecule has 0 aromatic heterocycles. The summed E-state index contributed by atoms with van der Waals surface area (Å²) >= 11 is 0. The maximum atomic E-state index is 11.5. The second-order valence-electron chi connectivity index (χ2n) is 5.60. The third-order valence-corrected chi connectivity index (χ3v) is 4.46. The van der Waals surface area contributed by atoms with Crippen LogP contribution in [-0.2, 0) is 19.4 Å². The van der Waals surface area contributed by atoms with Gasteiger partial charge in [-0.2, -0.15) is 0 Å². The van der Waals surface area contributed by atoms with Crippen LogP contribution in [0.3, 0.4) is 0 Å². The third kappa shape index (κ3) is 4.64. The molecule has 1 atom stereocenters. The van der Waals surface area contributed by atoms with Crippen LogP contribution in [0.15, 0.2) is 0 Å². The minimum Gasteiger partial charge on any atom is -0.351 e. The highest BCUT2D eigenvalue weighted by molar-refractivity contribution is 7.91. The van der Waals surface area contributed by atoms with Gasteiger partial charge in [0.15, 0.2) is 9.84 Å². The zero-order valence-corrected chi connectivity index (χ0v) is 11.8. The summed E-state index contributed by atoms with van der Waals surface area (Å²) in [6.07, 6.45) is 0.446. The highest BCUT2D eigenvalue weighted by atomic mass is 32.2. The van der Waals surface area contributed by atoms with Crippen LogP contribution in [-0.4, -0.2) is 44.3 Å². The van der Waals surface area contributed by atoms with Crippen molar-refractivity contribution in [2.45, 2.75) is 33.2 Å². The van der Waals surface area contributed by atoms with Crippen LogP contribution in [0.4, 0.5) is 0 Å². The van der Waals surface area contributed by atoms with Crippen LogP contribution in [0.25, 0.3) is 0 Å². The average molecular weight is 276 g/mol. The summed E-state index contributed by atoms with van der Waals surface area (Å²) in [7, 11) is -3.00. The Morgan fingerprint density at radius 1 is 1.28 bits per heavy atom. The maximum Gasteiger partial charge on any atom is 0.239 e. The first-order chi connectivity index (χ1) is 8.10. The van der Waals surface area contributed by atoms with E-state index in [2.05, 4.69) is 10.6 Å². The quantitative estimate of drug-likeness (QED) is 0.723. The normalized spacial score (nSPS) is 22.5. The van der Waals surface area contributed by atoms with Crippen molar-refractivity contribution in [3.63, 3.8) is 0 Å². The van der Waals surface area contributed by atoms with Crippen molar-refractivity contribution in [2.24, 2.45) is 5.41 Å². The fraction of sp³-hybridized carbons (Fsp3) is 0.818. The van der Waals surface area contributed by atoms with Crippen LogP contribution in [0.1, 0.15) is 27.2 Å². The molecule has 1 saturated heterocycles. The van der Waals surface area contributed by atoms with Gasteiger partial charge in [-0.1, -0.05) is 20.8 Å². The van der Waals surface area contributed by atoms with Gasteiger partial charge in [0.1, 0.15) is 0 Å². The van der Waals surface area contributed by atoms with E-state index < -0.39 is 15.3 Å². The smallest absolute Gasteiger partial charge is 0.239 e. The Bertz CT molecular complexity index is 436. The molecule has 1 fully saturated rings. The van der Waals surface area contributed by atoms with Gasteiger partial charge in [-0.3, -0.25) is 9.59 Å². The number of amides is 2. The second-order valence-corrected chi connectivity index (χ2v) is 7.83. The molecule has 0 aliphatic carbocycles. The van der Waals surface area contributed by atoms with Crippen LogP contribution in [0, 0.1) is 5.41 Å². The van der Waals surface area contributed by atoms with Crippen LogP contribution in [0.2, 0.25) is 0 Å². The standard InChI is InChI=1S/C11H20N2O4S/c1-11(2,3)10(15)12-6-9(14)13-8-4-5-18(16,17)7-8/h8H,4-7H2,1-3H3,(H,12,15)(H,13,14). The van der Waals surface area contributed by atoms with Gasteiger partial charge in [0, 0.05) is 11.5 Å². The fourth-order valence-electron chi connectivity index (χ4n) is 1.61. The number of carbonyl (C=O) groups is 2. The molecule has 0 spiro atoms. The number of nitrogens with one attached hydrogen (secondary N) is 2. The summed E-state index contributed by atoms with van der Waals surface area (Å²) in [4.78, 5) is 23.0. The zero-order valence-electron chi connectivity index (χ0n) is 10.9. The summed E-state index contributed by atoms with van der Waals surface area (Å²) in [5, 5.41) is 5.13. The molecule has 2 amide bonds. The van der Waals surface area contributed by atoms with Crippen molar-refractivity contribution in [2.75, 3.05) is 18.1 Å². The lowest BCUT2D eigenvalue weighted by Gasteiger charge is -2.18. The van der Waals surface area contributed by atoms with E-state index in [0.29, 0.717) is 6.42 Å². The molecule has 0 radical (unpaired) electrons. The lowest BCUT2D eigenvalue weighted by Crippen LogP contribution is -2.45. The predicted octanol–water partition coefficient (Wildman–Crippen LogP) is -0.548. The molecule has 0 bridgehead atoms. The molecule has 104 valence electrons. The largest absolute Gasteiger partial charge is 0.351 e. The second kappa shape index (κ2) is 5.26. The first-order valence-corrected chi connectivity index (χ1v) is 7.70. The Kier molecular flexibility index (Phi) is 4.37. The number of rotatable bonds is 3. The van der Waals surface area contributed by atoms with Crippen molar-refractivity contribution in [3.8, 4) is 0 Å². The number of carbonyl (C=O) groups excluding carboxylic acids is 2. The fourth-order valence-corrected chi connectivity index (χ4v) is 3.29. The van der Waals surface area contributed by atoms with E-state index >= 15 is 0 Å². The summed E-state index contributed by atoms with van der Waals surface area (Å²) in [6, 6.07) is -0.325. The molecule has 1 aliphatic heterocycles. The predicted molar refractivity (Wildman–Crippen MR) is 67.7 cm³/mol. The highest BCUT2D eigenvalue weighted by Crippen LogP contribution is 2.12. The van der Waals surface area contributed by atoms with Gasteiger partial charge in [0.05, 0.1) is 18.1 Å². The van der Waals surface area contributed by atoms with Crippen molar-refractivity contribution < 1.29 is 18.0 Å². The number of hydrogen-bond acceptors (Lipinski definition) is 4. The van der Waals surface area contributed by atoms with Crippen molar-refractivity contribution in [3.05, 3.63) is 0 Å². The van der Waals surface area contributed by atoms with Crippen molar-refractivity contribution in [1.82, 2.24) is 10.6 Å². The monoisotopic (exact) mass is 276 g/mol. The van der Waals surface area contributed by atoms with Gasteiger partial charge in [-0.25, -0.2) is 8.42 Å². The maximum absolute atomic E-state index is 11.5. The molecule has 2 N–H and O–H groups in total. The molecule has 0 saturated carbocycles. The topological polar surface area (TPSA) is 92.3 Å². The number of hydrogen-bond donors (Lipinski definition) is 2.